The standard InChI is InChI=1S/C13H19/c1-2-4-6-8-10-12-13-11-9-7-5-3-1/h1-3,8,10H,4,6-7,9,11-13H2/b2-1-,5-3?,10-8-. The second-order valence-corrected chi connectivity index (χ2v) is 3.45. The first-order valence-corrected chi connectivity index (χ1v) is 5.37. The molecule has 0 atom stereocenters. The summed E-state index contributed by atoms with van der Waals surface area (Å²) in [4.78, 5) is 0. The molecule has 0 spiro atoms. The van der Waals surface area contributed by atoms with Crippen molar-refractivity contribution in [3.63, 3.8) is 0 Å². The molecule has 0 amide bonds. The Labute approximate surface area is 82.0 Å². The van der Waals surface area contributed by atoms with Crippen LogP contribution in [0.4, 0.5) is 0 Å². The molecule has 0 bridgehead atoms. The van der Waals surface area contributed by atoms with Crippen LogP contribution in [0.1, 0.15) is 44.9 Å². The lowest BCUT2D eigenvalue weighted by atomic mass is 10.1. The highest BCUT2D eigenvalue weighted by atomic mass is 13.9. The van der Waals surface area contributed by atoms with Crippen molar-refractivity contribution in [3.05, 3.63) is 36.5 Å². The molecule has 0 aromatic rings. The summed E-state index contributed by atoms with van der Waals surface area (Å²) in [5.41, 5.74) is 0. The molecule has 0 nitrogen and oxygen atoms in total. The van der Waals surface area contributed by atoms with Crippen molar-refractivity contribution >= 4 is 0 Å². The molecule has 0 unspecified atom stereocenters. The Kier molecular flexibility index (Phi) is 6.22. The molecule has 13 heavy (non-hydrogen) atoms. The lowest BCUT2D eigenvalue weighted by Crippen LogP contribution is -1.74. The van der Waals surface area contributed by atoms with Crippen LogP contribution in [0.5, 0.6) is 0 Å². The molecule has 1 aliphatic rings. The summed E-state index contributed by atoms with van der Waals surface area (Å²) in [6, 6.07) is 0. The summed E-state index contributed by atoms with van der Waals surface area (Å²) in [6.45, 7) is 0. The van der Waals surface area contributed by atoms with Crippen molar-refractivity contribution in [3.8, 4) is 0 Å². The third-order valence-electron chi connectivity index (χ3n) is 2.21. The average Bonchev–Trinajstić information content (AvgIpc) is 2.18. The molecule has 0 saturated carbocycles. The minimum atomic E-state index is 1.12. The minimum Gasteiger partial charge on any atom is -0.0885 e. The molecule has 0 aromatic carbocycles. The molecule has 1 radical (unpaired) electrons. The van der Waals surface area contributed by atoms with Gasteiger partial charge in [-0.05, 0) is 44.6 Å². The molecule has 0 N–H and O–H groups in total. The second kappa shape index (κ2) is 7.85. The van der Waals surface area contributed by atoms with E-state index in [0.29, 0.717) is 0 Å². The van der Waals surface area contributed by atoms with Crippen LogP contribution in [0.2, 0.25) is 0 Å². The molecule has 1 aliphatic carbocycles. The summed E-state index contributed by atoms with van der Waals surface area (Å²) in [7, 11) is 0. The van der Waals surface area contributed by atoms with E-state index in [1.807, 2.05) is 0 Å². The molecule has 1 rings (SSSR count). The molecule has 0 fully saturated rings. The highest BCUT2D eigenvalue weighted by molar-refractivity contribution is 5.00. The van der Waals surface area contributed by atoms with Crippen LogP contribution in [0.25, 0.3) is 0 Å². The van der Waals surface area contributed by atoms with Gasteiger partial charge < -0.3 is 0 Å². The first kappa shape index (κ1) is 10.3. The van der Waals surface area contributed by atoms with E-state index in [1.165, 1.54) is 32.1 Å². The van der Waals surface area contributed by atoms with Crippen LogP contribution < -0.4 is 0 Å². The number of rotatable bonds is 0. The predicted molar refractivity (Wildman–Crippen MR) is 58.4 cm³/mol. The summed E-state index contributed by atoms with van der Waals surface area (Å²) >= 11 is 0. The summed E-state index contributed by atoms with van der Waals surface area (Å²) in [5.74, 6) is 0. The zero-order valence-electron chi connectivity index (χ0n) is 8.34. The van der Waals surface area contributed by atoms with Gasteiger partial charge in [-0.2, -0.15) is 0 Å². The van der Waals surface area contributed by atoms with Crippen LogP contribution in [-0.4, -0.2) is 0 Å². The maximum atomic E-state index is 3.29. The van der Waals surface area contributed by atoms with E-state index >= 15 is 0 Å². The van der Waals surface area contributed by atoms with Gasteiger partial charge in [-0.1, -0.05) is 36.8 Å². The van der Waals surface area contributed by atoms with Gasteiger partial charge in [-0.15, -0.1) is 0 Å². The zero-order chi connectivity index (χ0) is 9.19. The fraction of sp³-hybridized carbons (Fsp3) is 0.538. The Bertz CT molecular complexity index is 184. The normalized spacial score (nSPS) is 27.7. The highest BCUT2D eigenvalue weighted by Crippen LogP contribution is 2.05. The van der Waals surface area contributed by atoms with Gasteiger partial charge in [0, 0.05) is 0 Å². The maximum Gasteiger partial charge on any atom is -0.0276 e. The molecule has 0 aromatic heterocycles. The monoisotopic (exact) mass is 175 g/mol. The lowest BCUT2D eigenvalue weighted by Gasteiger charge is -1.93. The van der Waals surface area contributed by atoms with Crippen molar-refractivity contribution in [1.29, 1.82) is 0 Å². The van der Waals surface area contributed by atoms with Crippen LogP contribution in [0.15, 0.2) is 30.4 Å². The molecule has 71 valence electrons. The molecule has 0 aliphatic heterocycles. The van der Waals surface area contributed by atoms with E-state index in [9.17, 15) is 0 Å². The third-order valence-corrected chi connectivity index (χ3v) is 2.21. The van der Waals surface area contributed by atoms with Crippen molar-refractivity contribution in [2.45, 2.75) is 44.9 Å². The van der Waals surface area contributed by atoms with Crippen LogP contribution in [-0.2, 0) is 0 Å². The van der Waals surface area contributed by atoms with E-state index in [1.54, 1.807) is 0 Å². The summed E-state index contributed by atoms with van der Waals surface area (Å²) in [6.07, 6.45) is 23.0. The molecule has 0 saturated heterocycles. The quantitative estimate of drug-likeness (QED) is 0.484. The second-order valence-electron chi connectivity index (χ2n) is 3.45. The van der Waals surface area contributed by atoms with Crippen molar-refractivity contribution < 1.29 is 0 Å². The Morgan fingerprint density at radius 1 is 0.769 bits per heavy atom. The van der Waals surface area contributed by atoms with Gasteiger partial charge in [0.2, 0.25) is 0 Å². The van der Waals surface area contributed by atoms with Gasteiger partial charge in [0.15, 0.2) is 0 Å². The predicted octanol–water partition coefficient (Wildman–Crippen LogP) is 4.20. The van der Waals surface area contributed by atoms with E-state index < -0.39 is 0 Å². The Balaban J connectivity index is 2.28. The van der Waals surface area contributed by atoms with Gasteiger partial charge in [0.25, 0.3) is 0 Å². The number of hydrogen-bond donors (Lipinski definition) is 0. The van der Waals surface area contributed by atoms with Crippen LogP contribution in [0, 0.1) is 6.08 Å². The van der Waals surface area contributed by atoms with Crippen LogP contribution >= 0.6 is 0 Å². The smallest absolute Gasteiger partial charge is 0.0276 e. The topological polar surface area (TPSA) is 0 Å². The first-order valence-electron chi connectivity index (χ1n) is 5.37. The largest absolute Gasteiger partial charge is 0.0885 e. The SMILES string of the molecule is [C]1=C/C=C\CC/C=C\CCCCC/1. The van der Waals surface area contributed by atoms with Gasteiger partial charge in [-0.3, -0.25) is 0 Å². The third kappa shape index (κ3) is 6.39. The Hall–Kier alpha value is -0.780. The van der Waals surface area contributed by atoms with Crippen molar-refractivity contribution in [1.82, 2.24) is 0 Å². The number of hydrogen-bond acceptors (Lipinski definition) is 0. The van der Waals surface area contributed by atoms with Crippen LogP contribution in [0.3, 0.4) is 0 Å². The average molecular weight is 175 g/mol. The molecular formula is C13H19. The lowest BCUT2D eigenvalue weighted by molar-refractivity contribution is 0.690. The van der Waals surface area contributed by atoms with Gasteiger partial charge in [0.1, 0.15) is 0 Å². The van der Waals surface area contributed by atoms with E-state index in [0.717, 1.165) is 12.8 Å². The Morgan fingerprint density at radius 2 is 1.62 bits per heavy atom. The Morgan fingerprint density at radius 3 is 2.62 bits per heavy atom. The van der Waals surface area contributed by atoms with Gasteiger partial charge in [0.05, 0.1) is 0 Å². The first-order chi connectivity index (χ1) is 6.50. The number of allylic oxidation sites excluding steroid dienone is 6. The van der Waals surface area contributed by atoms with E-state index in [4.69, 9.17) is 0 Å². The van der Waals surface area contributed by atoms with Gasteiger partial charge >= 0.3 is 0 Å². The molecule has 0 heterocycles. The van der Waals surface area contributed by atoms with E-state index in [2.05, 4.69) is 36.5 Å². The summed E-state index contributed by atoms with van der Waals surface area (Å²) < 4.78 is 0. The van der Waals surface area contributed by atoms with Crippen molar-refractivity contribution in [2.24, 2.45) is 0 Å². The molecule has 0 heteroatoms. The van der Waals surface area contributed by atoms with Crippen molar-refractivity contribution in [2.75, 3.05) is 0 Å². The van der Waals surface area contributed by atoms with E-state index in [-0.39, 0.29) is 0 Å². The zero-order valence-corrected chi connectivity index (χ0v) is 8.34. The highest BCUT2D eigenvalue weighted by Gasteiger charge is 1.86. The maximum absolute atomic E-state index is 3.29. The minimum absolute atomic E-state index is 1.12. The fourth-order valence-corrected chi connectivity index (χ4v) is 1.41. The van der Waals surface area contributed by atoms with Gasteiger partial charge in [-0.25, -0.2) is 0 Å². The summed E-state index contributed by atoms with van der Waals surface area (Å²) in [5, 5.41) is 0. The molecular weight excluding hydrogens is 156 g/mol. The fourth-order valence-electron chi connectivity index (χ4n) is 1.41.